The highest BCUT2D eigenvalue weighted by Crippen LogP contribution is 2.38. The molecule has 2 atom stereocenters. The highest BCUT2D eigenvalue weighted by Gasteiger charge is 2.46. The Morgan fingerprint density at radius 3 is 1.86 bits per heavy atom. The molecule has 1 saturated heterocycles. The third-order valence-corrected chi connectivity index (χ3v) is 3.04. The number of nitrogens with one attached hydrogen (secondary N) is 1. The van der Waals surface area contributed by atoms with E-state index in [4.69, 9.17) is 0 Å². The van der Waals surface area contributed by atoms with Crippen LogP contribution in [-0.2, 0) is 0 Å². The predicted octanol–water partition coefficient (Wildman–Crippen LogP) is 2.43. The first kappa shape index (κ1) is 14.3. The van der Waals surface area contributed by atoms with Crippen LogP contribution in [0.25, 0.3) is 0 Å². The third kappa shape index (κ3) is 3.44. The van der Waals surface area contributed by atoms with E-state index < -0.39 is 5.44 Å². The van der Waals surface area contributed by atoms with Gasteiger partial charge >= 0.3 is 0 Å². The van der Waals surface area contributed by atoms with E-state index in [1.807, 2.05) is 13.8 Å². The molecule has 14 heavy (non-hydrogen) atoms. The van der Waals surface area contributed by atoms with Crippen LogP contribution < -0.4 is 5.32 Å². The van der Waals surface area contributed by atoms with Gasteiger partial charge in [0.25, 0.3) is 0 Å². The fourth-order valence-corrected chi connectivity index (χ4v) is 2.78. The Balaban J connectivity index is 0.000000791. The van der Waals surface area contributed by atoms with Gasteiger partial charge in [0, 0.05) is 17.0 Å². The molecule has 0 radical (unpaired) electrons. The van der Waals surface area contributed by atoms with Gasteiger partial charge in [-0.15, -0.1) is 12.6 Å². The second-order valence-electron chi connectivity index (χ2n) is 4.95. The maximum Gasteiger partial charge on any atom is 0.101 e. The molecule has 0 spiro atoms. The standard InChI is InChI=1S/C9H19NOS.C2H6/c1-8(2)5-6(7(11)12)9(3,4)10-8;1-2/h6-7,10-12H,5H2,1-4H3;1-2H3. The summed E-state index contributed by atoms with van der Waals surface area (Å²) in [5.41, 5.74) is -0.406. The Bertz CT molecular complexity index is 178. The quantitative estimate of drug-likeness (QED) is 0.467. The molecule has 0 aromatic heterocycles. The summed E-state index contributed by atoms with van der Waals surface area (Å²) in [6, 6.07) is 0. The molecule has 0 aromatic rings. The Hall–Kier alpha value is 0.270. The van der Waals surface area contributed by atoms with Gasteiger partial charge in [0.1, 0.15) is 5.44 Å². The predicted molar refractivity (Wildman–Crippen MR) is 65.7 cm³/mol. The summed E-state index contributed by atoms with van der Waals surface area (Å²) in [7, 11) is 0. The summed E-state index contributed by atoms with van der Waals surface area (Å²) in [6.07, 6.45) is 0.977. The summed E-state index contributed by atoms with van der Waals surface area (Å²) in [5.74, 6) is 0.232. The molecule has 86 valence electrons. The molecule has 0 amide bonds. The maximum absolute atomic E-state index is 9.44. The Labute approximate surface area is 93.9 Å². The molecule has 2 N–H and O–H groups in total. The van der Waals surface area contributed by atoms with Crippen LogP contribution >= 0.6 is 12.6 Å². The van der Waals surface area contributed by atoms with Crippen molar-refractivity contribution in [3.8, 4) is 0 Å². The van der Waals surface area contributed by atoms with E-state index in [0.717, 1.165) is 6.42 Å². The van der Waals surface area contributed by atoms with Gasteiger partial charge in [-0.05, 0) is 34.1 Å². The lowest BCUT2D eigenvalue weighted by Gasteiger charge is -2.29. The van der Waals surface area contributed by atoms with Crippen LogP contribution in [0, 0.1) is 5.92 Å². The minimum Gasteiger partial charge on any atom is -0.382 e. The number of rotatable bonds is 1. The van der Waals surface area contributed by atoms with Crippen LogP contribution in [0.4, 0.5) is 0 Å². The fourth-order valence-electron chi connectivity index (χ4n) is 2.30. The van der Waals surface area contributed by atoms with Gasteiger partial charge in [0.2, 0.25) is 0 Å². The van der Waals surface area contributed by atoms with Crippen LogP contribution in [-0.4, -0.2) is 21.6 Å². The van der Waals surface area contributed by atoms with Crippen molar-refractivity contribution in [1.82, 2.24) is 5.32 Å². The molecule has 0 bridgehead atoms. The van der Waals surface area contributed by atoms with E-state index in [-0.39, 0.29) is 17.0 Å². The van der Waals surface area contributed by atoms with Gasteiger partial charge in [-0.25, -0.2) is 0 Å². The van der Waals surface area contributed by atoms with E-state index in [1.54, 1.807) is 0 Å². The molecule has 1 rings (SSSR count). The van der Waals surface area contributed by atoms with Crippen molar-refractivity contribution in [3.05, 3.63) is 0 Å². The molecule has 0 aromatic carbocycles. The molecule has 1 aliphatic rings. The summed E-state index contributed by atoms with van der Waals surface area (Å²) >= 11 is 4.10. The second-order valence-corrected chi connectivity index (χ2v) is 5.48. The summed E-state index contributed by atoms with van der Waals surface area (Å²) < 4.78 is 0. The van der Waals surface area contributed by atoms with Gasteiger partial charge in [-0.3, -0.25) is 0 Å². The lowest BCUT2D eigenvalue weighted by molar-refractivity contribution is 0.153. The van der Waals surface area contributed by atoms with Gasteiger partial charge in [0.05, 0.1) is 0 Å². The van der Waals surface area contributed by atoms with Crippen molar-refractivity contribution in [2.45, 2.75) is 64.5 Å². The highest BCUT2D eigenvalue weighted by molar-refractivity contribution is 7.80. The van der Waals surface area contributed by atoms with E-state index >= 15 is 0 Å². The Kier molecular flexibility index (Phi) is 4.96. The van der Waals surface area contributed by atoms with E-state index in [1.165, 1.54) is 0 Å². The number of aliphatic hydroxyl groups excluding tert-OH is 1. The van der Waals surface area contributed by atoms with Crippen molar-refractivity contribution < 1.29 is 5.11 Å². The number of hydrogen-bond acceptors (Lipinski definition) is 3. The number of thiol groups is 1. The van der Waals surface area contributed by atoms with E-state index in [9.17, 15) is 5.11 Å². The minimum absolute atomic E-state index is 0.00926. The molecule has 1 heterocycles. The Morgan fingerprint density at radius 1 is 1.29 bits per heavy atom. The molecular weight excluding hydrogens is 194 g/mol. The van der Waals surface area contributed by atoms with Crippen LogP contribution in [0.5, 0.6) is 0 Å². The van der Waals surface area contributed by atoms with E-state index in [2.05, 4.69) is 45.6 Å². The van der Waals surface area contributed by atoms with Gasteiger partial charge in [-0.1, -0.05) is 13.8 Å². The zero-order valence-electron chi connectivity index (χ0n) is 10.3. The monoisotopic (exact) mass is 219 g/mol. The first-order valence-corrected chi connectivity index (χ1v) is 5.92. The van der Waals surface area contributed by atoms with Crippen LogP contribution in [0.15, 0.2) is 0 Å². The van der Waals surface area contributed by atoms with Gasteiger partial charge in [0.15, 0.2) is 0 Å². The molecule has 2 nitrogen and oxygen atoms in total. The molecule has 2 unspecified atom stereocenters. The number of aliphatic hydroxyl groups is 1. The topological polar surface area (TPSA) is 32.3 Å². The van der Waals surface area contributed by atoms with Crippen LogP contribution in [0.2, 0.25) is 0 Å². The lowest BCUT2D eigenvalue weighted by atomic mass is 9.88. The summed E-state index contributed by atoms with van der Waals surface area (Å²) in [6.45, 7) is 12.5. The summed E-state index contributed by atoms with van der Waals surface area (Å²) in [4.78, 5) is 0. The number of hydrogen-bond donors (Lipinski definition) is 3. The van der Waals surface area contributed by atoms with Crippen LogP contribution in [0.1, 0.15) is 48.0 Å². The lowest BCUT2D eigenvalue weighted by Crippen LogP contribution is -2.46. The molecular formula is C11H25NOS. The van der Waals surface area contributed by atoms with Crippen LogP contribution in [0.3, 0.4) is 0 Å². The van der Waals surface area contributed by atoms with Crippen molar-refractivity contribution in [2.24, 2.45) is 5.92 Å². The normalized spacial score (nSPS) is 30.4. The average molecular weight is 219 g/mol. The SMILES string of the molecule is CC.CC1(C)CC(C(O)S)C(C)(C)N1. The van der Waals surface area contributed by atoms with Crippen molar-refractivity contribution >= 4 is 12.6 Å². The molecule has 0 saturated carbocycles. The first-order chi connectivity index (χ1) is 6.25. The van der Waals surface area contributed by atoms with Crippen molar-refractivity contribution in [3.63, 3.8) is 0 Å². The zero-order chi connectivity index (χ0) is 11.6. The molecule has 1 aliphatic heterocycles. The summed E-state index contributed by atoms with van der Waals surface area (Å²) in [5, 5.41) is 12.9. The van der Waals surface area contributed by atoms with Crippen molar-refractivity contribution in [2.75, 3.05) is 0 Å². The largest absolute Gasteiger partial charge is 0.382 e. The van der Waals surface area contributed by atoms with Gasteiger partial charge < -0.3 is 10.4 Å². The average Bonchev–Trinajstić information content (AvgIpc) is 2.23. The molecule has 1 fully saturated rings. The Morgan fingerprint density at radius 2 is 1.71 bits per heavy atom. The highest BCUT2D eigenvalue weighted by atomic mass is 32.1. The van der Waals surface area contributed by atoms with Crippen molar-refractivity contribution in [1.29, 1.82) is 0 Å². The fraction of sp³-hybridized carbons (Fsp3) is 1.00. The first-order valence-electron chi connectivity index (χ1n) is 5.40. The second kappa shape index (κ2) is 4.86. The van der Waals surface area contributed by atoms with Gasteiger partial charge in [-0.2, -0.15) is 0 Å². The third-order valence-electron chi connectivity index (χ3n) is 2.68. The zero-order valence-corrected chi connectivity index (χ0v) is 11.2. The maximum atomic E-state index is 9.44. The van der Waals surface area contributed by atoms with E-state index in [0.29, 0.717) is 0 Å². The molecule has 3 heteroatoms. The smallest absolute Gasteiger partial charge is 0.101 e. The minimum atomic E-state index is -0.519. The molecule has 0 aliphatic carbocycles.